The number of benzene rings is 2. The van der Waals surface area contributed by atoms with E-state index in [1.165, 1.54) is 12.8 Å². The van der Waals surface area contributed by atoms with Crippen molar-refractivity contribution in [1.82, 2.24) is 10.0 Å². The summed E-state index contributed by atoms with van der Waals surface area (Å²) in [4.78, 5) is 10.3. The van der Waals surface area contributed by atoms with Crippen LogP contribution in [0.5, 0.6) is 0 Å². The summed E-state index contributed by atoms with van der Waals surface area (Å²) >= 11 is 0. The van der Waals surface area contributed by atoms with Gasteiger partial charge in [0, 0.05) is 36.3 Å². The van der Waals surface area contributed by atoms with Crippen LogP contribution in [0.3, 0.4) is 0 Å². The minimum Gasteiger partial charge on any atom is -0.440 e. The van der Waals surface area contributed by atoms with Gasteiger partial charge < -0.3 is 4.42 Å². The van der Waals surface area contributed by atoms with Crippen LogP contribution >= 0.6 is 0 Å². The Labute approximate surface area is 172 Å². The van der Waals surface area contributed by atoms with E-state index in [9.17, 15) is 0 Å². The molecule has 150 valence electrons. The average molecular weight is 389 g/mol. The Kier molecular flexibility index (Phi) is 6.37. The molecular formula is C24H27N3O2. The van der Waals surface area contributed by atoms with Crippen molar-refractivity contribution in [2.45, 2.75) is 45.1 Å². The Morgan fingerprint density at radius 3 is 2.55 bits per heavy atom. The molecule has 1 aliphatic rings. The number of oxime groups is 1. The van der Waals surface area contributed by atoms with Crippen LogP contribution in [0.1, 0.15) is 38.5 Å². The standard InChI is InChI=1S/C24H27N3O2/c1-2-21-15-10-18-27(21)29-25-17-9-16-22-26-23(19-11-5-3-6-12-19)24(28-22)20-13-7-4-8-14-20/h3-8,11-14,17,21H,2,9-10,15-16,18H2,1H3. The molecule has 1 saturated heterocycles. The predicted molar refractivity (Wildman–Crippen MR) is 115 cm³/mol. The first-order valence-corrected chi connectivity index (χ1v) is 10.4. The van der Waals surface area contributed by atoms with Gasteiger partial charge in [0.15, 0.2) is 11.7 Å². The van der Waals surface area contributed by atoms with E-state index in [1.807, 2.05) is 53.6 Å². The van der Waals surface area contributed by atoms with Gasteiger partial charge in [-0.05, 0) is 25.7 Å². The lowest BCUT2D eigenvalue weighted by Gasteiger charge is -2.18. The molecule has 3 aromatic rings. The molecule has 0 aliphatic carbocycles. The zero-order valence-corrected chi connectivity index (χ0v) is 16.8. The summed E-state index contributed by atoms with van der Waals surface area (Å²) in [5.41, 5.74) is 2.96. The molecule has 2 heterocycles. The van der Waals surface area contributed by atoms with Crippen molar-refractivity contribution in [1.29, 1.82) is 0 Å². The topological polar surface area (TPSA) is 50.9 Å². The first kappa shape index (κ1) is 19.4. The Hall–Kier alpha value is -2.92. The number of hydrogen-bond donors (Lipinski definition) is 0. The van der Waals surface area contributed by atoms with Crippen LogP contribution in [0.15, 0.2) is 70.2 Å². The Morgan fingerprint density at radius 2 is 1.83 bits per heavy atom. The molecule has 5 heteroatoms. The van der Waals surface area contributed by atoms with E-state index in [2.05, 4.69) is 24.2 Å². The maximum atomic E-state index is 6.15. The summed E-state index contributed by atoms with van der Waals surface area (Å²) in [6.45, 7) is 3.14. The monoisotopic (exact) mass is 389 g/mol. The summed E-state index contributed by atoms with van der Waals surface area (Å²) in [7, 11) is 0. The predicted octanol–water partition coefficient (Wildman–Crippen LogP) is 5.73. The molecule has 0 N–H and O–H groups in total. The van der Waals surface area contributed by atoms with Crippen LogP contribution in [-0.4, -0.2) is 28.8 Å². The normalized spacial score (nSPS) is 17.2. The summed E-state index contributed by atoms with van der Waals surface area (Å²) in [5, 5.41) is 6.13. The fourth-order valence-electron chi connectivity index (χ4n) is 3.71. The molecule has 1 unspecified atom stereocenters. The molecule has 0 spiro atoms. The molecule has 1 aliphatic heterocycles. The lowest BCUT2D eigenvalue weighted by molar-refractivity contribution is -0.168. The lowest BCUT2D eigenvalue weighted by Crippen LogP contribution is -2.27. The maximum absolute atomic E-state index is 6.15. The molecule has 0 radical (unpaired) electrons. The third-order valence-corrected chi connectivity index (χ3v) is 5.26. The quantitative estimate of drug-likeness (QED) is 0.364. The Balaban J connectivity index is 1.44. The van der Waals surface area contributed by atoms with Crippen LogP contribution in [0.4, 0.5) is 0 Å². The maximum Gasteiger partial charge on any atom is 0.195 e. The number of oxazole rings is 1. The van der Waals surface area contributed by atoms with Crippen molar-refractivity contribution in [3.8, 4) is 22.6 Å². The highest BCUT2D eigenvalue weighted by molar-refractivity contribution is 5.76. The zero-order valence-electron chi connectivity index (χ0n) is 16.8. The third-order valence-electron chi connectivity index (χ3n) is 5.26. The summed E-state index contributed by atoms with van der Waals surface area (Å²) in [5.74, 6) is 1.52. The number of hydrogen-bond acceptors (Lipinski definition) is 5. The minimum atomic E-state index is 0.487. The number of aryl methyl sites for hydroxylation is 1. The second-order valence-electron chi connectivity index (χ2n) is 7.27. The summed E-state index contributed by atoms with van der Waals surface area (Å²) in [6, 6.07) is 20.8. The second kappa shape index (κ2) is 9.52. The van der Waals surface area contributed by atoms with Gasteiger partial charge >= 0.3 is 0 Å². The van der Waals surface area contributed by atoms with Crippen molar-refractivity contribution in [3.05, 3.63) is 66.6 Å². The van der Waals surface area contributed by atoms with Gasteiger partial charge in [-0.25, -0.2) is 4.98 Å². The zero-order chi connectivity index (χ0) is 19.9. The molecule has 0 amide bonds. The molecule has 2 aromatic carbocycles. The highest BCUT2D eigenvalue weighted by atomic mass is 16.8. The van der Waals surface area contributed by atoms with Crippen LogP contribution in [-0.2, 0) is 11.4 Å². The molecule has 0 bridgehead atoms. The summed E-state index contributed by atoms with van der Waals surface area (Å²) < 4.78 is 6.15. The first-order valence-electron chi connectivity index (χ1n) is 10.4. The molecule has 0 saturated carbocycles. The lowest BCUT2D eigenvalue weighted by atomic mass is 10.1. The largest absolute Gasteiger partial charge is 0.440 e. The van der Waals surface area contributed by atoms with Crippen molar-refractivity contribution in [2.24, 2.45) is 5.16 Å². The number of hydroxylamine groups is 2. The Bertz CT molecular complexity index is 865. The molecule has 5 nitrogen and oxygen atoms in total. The van der Waals surface area contributed by atoms with Gasteiger partial charge in [-0.2, -0.15) is 0 Å². The molecule has 4 rings (SSSR count). The van der Waals surface area contributed by atoms with Crippen LogP contribution < -0.4 is 0 Å². The van der Waals surface area contributed by atoms with Crippen molar-refractivity contribution < 1.29 is 9.36 Å². The Morgan fingerprint density at radius 1 is 1.10 bits per heavy atom. The van der Waals surface area contributed by atoms with E-state index < -0.39 is 0 Å². The number of aromatic nitrogens is 1. The van der Waals surface area contributed by atoms with Gasteiger partial charge in [-0.1, -0.05) is 72.7 Å². The van der Waals surface area contributed by atoms with Gasteiger partial charge in [0.05, 0.1) is 0 Å². The SMILES string of the molecule is CCC1CCCN1ON=CCCc1nc(-c2ccccc2)c(-c2ccccc2)o1. The van der Waals surface area contributed by atoms with Crippen LogP contribution in [0.2, 0.25) is 0 Å². The number of nitrogens with zero attached hydrogens (tertiary/aromatic N) is 3. The molecule has 29 heavy (non-hydrogen) atoms. The molecule has 1 fully saturated rings. The fraction of sp³-hybridized carbons (Fsp3) is 0.333. The highest BCUT2D eigenvalue weighted by Crippen LogP contribution is 2.32. The first-order chi connectivity index (χ1) is 14.3. The van der Waals surface area contributed by atoms with Gasteiger partial charge in [0.25, 0.3) is 0 Å². The van der Waals surface area contributed by atoms with Gasteiger partial charge in [-0.3, -0.25) is 4.94 Å². The van der Waals surface area contributed by atoms with E-state index in [-0.39, 0.29) is 0 Å². The minimum absolute atomic E-state index is 0.487. The van der Waals surface area contributed by atoms with Crippen LogP contribution in [0.25, 0.3) is 22.6 Å². The van der Waals surface area contributed by atoms with E-state index in [0.717, 1.165) is 35.5 Å². The van der Waals surface area contributed by atoms with Gasteiger partial charge in [0.1, 0.15) is 5.69 Å². The van der Waals surface area contributed by atoms with E-state index in [1.54, 1.807) is 6.21 Å². The van der Waals surface area contributed by atoms with Gasteiger partial charge in [-0.15, -0.1) is 5.06 Å². The van der Waals surface area contributed by atoms with Crippen molar-refractivity contribution >= 4 is 6.21 Å². The van der Waals surface area contributed by atoms with Crippen LogP contribution in [0, 0.1) is 0 Å². The fourth-order valence-corrected chi connectivity index (χ4v) is 3.71. The number of rotatable bonds is 8. The third kappa shape index (κ3) is 4.74. The van der Waals surface area contributed by atoms with Gasteiger partial charge in [0.2, 0.25) is 0 Å². The van der Waals surface area contributed by atoms with E-state index in [0.29, 0.717) is 24.8 Å². The second-order valence-corrected chi connectivity index (χ2v) is 7.27. The van der Waals surface area contributed by atoms with E-state index in [4.69, 9.17) is 14.3 Å². The molecule has 1 aromatic heterocycles. The average Bonchev–Trinajstić information content (AvgIpc) is 3.41. The van der Waals surface area contributed by atoms with E-state index >= 15 is 0 Å². The molecular weight excluding hydrogens is 362 g/mol. The smallest absolute Gasteiger partial charge is 0.195 e. The highest BCUT2D eigenvalue weighted by Gasteiger charge is 2.24. The summed E-state index contributed by atoms with van der Waals surface area (Å²) in [6.07, 6.45) is 6.65. The molecule has 1 atom stereocenters. The van der Waals surface area contributed by atoms with Crippen molar-refractivity contribution in [3.63, 3.8) is 0 Å². The van der Waals surface area contributed by atoms with Crippen molar-refractivity contribution in [2.75, 3.05) is 6.54 Å².